The third-order valence-electron chi connectivity index (χ3n) is 2.14. The van der Waals surface area contributed by atoms with Crippen LogP contribution in [0.1, 0.15) is 5.56 Å². The van der Waals surface area contributed by atoms with Gasteiger partial charge in [-0.2, -0.15) is 5.26 Å². The van der Waals surface area contributed by atoms with Crippen molar-refractivity contribution in [1.82, 2.24) is 4.57 Å². The van der Waals surface area contributed by atoms with Gasteiger partial charge in [0.1, 0.15) is 6.07 Å². The highest BCUT2D eigenvalue weighted by Crippen LogP contribution is 2.33. The highest BCUT2D eigenvalue weighted by Gasteiger charge is 2.11. The molecule has 0 amide bonds. The van der Waals surface area contributed by atoms with E-state index in [0.29, 0.717) is 10.6 Å². The molecule has 0 aliphatic rings. The van der Waals surface area contributed by atoms with E-state index in [-0.39, 0.29) is 0 Å². The van der Waals surface area contributed by atoms with Crippen LogP contribution in [0.5, 0.6) is 0 Å². The number of nitriles is 1. The van der Waals surface area contributed by atoms with Gasteiger partial charge in [0.25, 0.3) is 0 Å². The lowest BCUT2D eigenvalue weighted by Gasteiger charge is -2.00. The molecular weight excluding hydrogens is 263 g/mol. The number of halogens is 2. The van der Waals surface area contributed by atoms with E-state index >= 15 is 0 Å². The van der Waals surface area contributed by atoms with Crippen LogP contribution in [0, 0.1) is 11.3 Å². The van der Waals surface area contributed by atoms with Crippen LogP contribution in [0.15, 0.2) is 22.8 Å². The molecule has 0 aliphatic heterocycles. The first-order valence-corrected chi connectivity index (χ1v) is 5.15. The second kappa shape index (κ2) is 3.30. The summed E-state index contributed by atoms with van der Waals surface area (Å²) >= 11 is 9.48. The highest BCUT2D eigenvalue weighted by atomic mass is 79.9. The molecule has 0 spiro atoms. The summed E-state index contributed by atoms with van der Waals surface area (Å²) in [5.41, 5.74) is 1.56. The third kappa shape index (κ3) is 1.23. The van der Waals surface area contributed by atoms with Crippen LogP contribution in [-0.2, 0) is 7.05 Å². The van der Waals surface area contributed by atoms with Crippen LogP contribution in [0.25, 0.3) is 10.9 Å². The molecule has 0 radical (unpaired) electrons. The fraction of sp³-hybridized carbons (Fsp3) is 0.100. The van der Waals surface area contributed by atoms with Crippen molar-refractivity contribution in [2.24, 2.45) is 7.05 Å². The van der Waals surface area contributed by atoms with Gasteiger partial charge >= 0.3 is 0 Å². The van der Waals surface area contributed by atoms with E-state index in [4.69, 9.17) is 16.9 Å². The zero-order chi connectivity index (χ0) is 10.3. The molecule has 2 aromatic rings. The van der Waals surface area contributed by atoms with Gasteiger partial charge in [-0.15, -0.1) is 0 Å². The van der Waals surface area contributed by atoms with Gasteiger partial charge < -0.3 is 4.57 Å². The fourth-order valence-corrected chi connectivity index (χ4v) is 2.41. The number of fused-ring (bicyclic) bond motifs is 1. The Balaban J connectivity index is 3.04. The molecule has 0 unspecified atom stereocenters. The zero-order valence-electron chi connectivity index (χ0n) is 7.38. The van der Waals surface area contributed by atoms with E-state index in [1.165, 1.54) is 0 Å². The average molecular weight is 270 g/mol. The number of aromatic nitrogens is 1. The summed E-state index contributed by atoms with van der Waals surface area (Å²) in [4.78, 5) is 0. The normalized spacial score (nSPS) is 10.4. The monoisotopic (exact) mass is 268 g/mol. The maximum absolute atomic E-state index is 8.93. The number of aryl methyl sites for hydroxylation is 1. The molecule has 2 rings (SSSR count). The molecule has 0 atom stereocenters. The molecule has 1 aromatic heterocycles. The maximum atomic E-state index is 8.93. The van der Waals surface area contributed by atoms with Crippen molar-refractivity contribution < 1.29 is 0 Å². The Bertz CT molecular complexity index is 551. The number of nitrogens with zero attached hydrogens (tertiary/aromatic N) is 2. The first kappa shape index (κ1) is 9.57. The molecule has 0 fully saturated rings. The lowest BCUT2D eigenvalue weighted by molar-refractivity contribution is 0.965. The Kier molecular flexibility index (Phi) is 2.26. The van der Waals surface area contributed by atoms with E-state index in [0.717, 1.165) is 15.4 Å². The molecule has 2 nitrogen and oxygen atoms in total. The minimum Gasteiger partial charge on any atom is -0.348 e. The van der Waals surface area contributed by atoms with E-state index < -0.39 is 0 Å². The van der Waals surface area contributed by atoms with Crippen molar-refractivity contribution in [2.45, 2.75) is 0 Å². The van der Waals surface area contributed by atoms with Crippen molar-refractivity contribution in [3.05, 3.63) is 33.4 Å². The first-order valence-electron chi connectivity index (χ1n) is 3.98. The lowest BCUT2D eigenvalue weighted by atomic mass is 10.2. The highest BCUT2D eigenvalue weighted by molar-refractivity contribution is 9.10. The molecular formula is C10H6BrClN2. The molecule has 0 bridgehead atoms. The number of hydrogen-bond donors (Lipinski definition) is 0. The second-order valence-corrected chi connectivity index (χ2v) is 4.28. The Morgan fingerprint density at radius 1 is 1.50 bits per heavy atom. The van der Waals surface area contributed by atoms with Crippen LogP contribution in [0.3, 0.4) is 0 Å². The molecule has 0 saturated carbocycles. The summed E-state index contributed by atoms with van der Waals surface area (Å²) in [6, 6.07) is 5.80. The Morgan fingerprint density at radius 3 is 2.86 bits per heavy atom. The number of benzene rings is 1. The van der Waals surface area contributed by atoms with Crippen molar-refractivity contribution in [1.29, 1.82) is 5.26 Å². The Hall–Kier alpha value is -0.980. The average Bonchev–Trinajstić information content (AvgIpc) is 2.50. The van der Waals surface area contributed by atoms with Crippen molar-refractivity contribution in [3.63, 3.8) is 0 Å². The van der Waals surface area contributed by atoms with Crippen LogP contribution < -0.4 is 0 Å². The van der Waals surface area contributed by atoms with Gasteiger partial charge in [-0.25, -0.2) is 0 Å². The zero-order valence-corrected chi connectivity index (χ0v) is 9.72. The molecule has 0 aliphatic carbocycles. The maximum Gasteiger partial charge on any atom is 0.101 e. The van der Waals surface area contributed by atoms with Crippen LogP contribution in [0.4, 0.5) is 0 Å². The summed E-state index contributed by atoms with van der Waals surface area (Å²) in [5, 5.41) is 10.3. The smallest absolute Gasteiger partial charge is 0.101 e. The van der Waals surface area contributed by atoms with Crippen molar-refractivity contribution in [3.8, 4) is 6.07 Å². The van der Waals surface area contributed by atoms with E-state index in [1.54, 1.807) is 12.3 Å². The molecule has 14 heavy (non-hydrogen) atoms. The standard InChI is InChI=1S/C10H6BrClN2/c1-14-5-6(4-13)9-8(12)3-2-7(11)10(9)14/h2-3,5H,1H3. The lowest BCUT2D eigenvalue weighted by Crippen LogP contribution is -1.84. The fourth-order valence-electron chi connectivity index (χ4n) is 1.55. The van der Waals surface area contributed by atoms with E-state index in [9.17, 15) is 0 Å². The Labute approximate surface area is 94.8 Å². The van der Waals surface area contributed by atoms with Crippen molar-refractivity contribution in [2.75, 3.05) is 0 Å². The predicted octanol–water partition coefficient (Wildman–Crippen LogP) is 3.47. The van der Waals surface area contributed by atoms with E-state index in [1.807, 2.05) is 17.7 Å². The molecule has 1 heterocycles. The molecule has 1 aromatic carbocycles. The summed E-state index contributed by atoms with van der Waals surface area (Å²) in [6.07, 6.45) is 1.78. The van der Waals surface area contributed by atoms with Crippen LogP contribution >= 0.6 is 27.5 Å². The third-order valence-corrected chi connectivity index (χ3v) is 3.10. The topological polar surface area (TPSA) is 28.7 Å². The van der Waals surface area contributed by atoms with Crippen LogP contribution in [0.2, 0.25) is 5.02 Å². The van der Waals surface area contributed by atoms with Gasteiger partial charge in [-0.1, -0.05) is 11.6 Å². The molecule has 4 heteroatoms. The summed E-state index contributed by atoms with van der Waals surface area (Å²) in [6.45, 7) is 0. The molecule has 0 saturated heterocycles. The Morgan fingerprint density at radius 2 is 2.21 bits per heavy atom. The minimum absolute atomic E-state index is 0.605. The largest absolute Gasteiger partial charge is 0.348 e. The first-order chi connectivity index (χ1) is 6.65. The van der Waals surface area contributed by atoms with Gasteiger partial charge in [0, 0.05) is 23.1 Å². The van der Waals surface area contributed by atoms with Gasteiger partial charge in [-0.05, 0) is 28.1 Å². The predicted molar refractivity (Wildman–Crippen MR) is 60.3 cm³/mol. The van der Waals surface area contributed by atoms with Gasteiger partial charge in [0.2, 0.25) is 0 Å². The second-order valence-electron chi connectivity index (χ2n) is 3.02. The SMILES string of the molecule is Cn1cc(C#N)c2c(Cl)ccc(Br)c21. The van der Waals surface area contributed by atoms with Crippen LogP contribution in [-0.4, -0.2) is 4.57 Å². The molecule has 70 valence electrons. The number of hydrogen-bond acceptors (Lipinski definition) is 1. The minimum atomic E-state index is 0.605. The summed E-state index contributed by atoms with van der Waals surface area (Å²) in [5.74, 6) is 0. The summed E-state index contributed by atoms with van der Waals surface area (Å²) in [7, 11) is 1.89. The van der Waals surface area contributed by atoms with Gasteiger partial charge in [0.15, 0.2) is 0 Å². The summed E-state index contributed by atoms with van der Waals surface area (Å²) < 4.78 is 2.84. The molecule has 0 N–H and O–H groups in total. The quantitative estimate of drug-likeness (QED) is 0.720. The number of rotatable bonds is 0. The van der Waals surface area contributed by atoms with E-state index in [2.05, 4.69) is 22.0 Å². The van der Waals surface area contributed by atoms with Gasteiger partial charge in [-0.3, -0.25) is 0 Å². The van der Waals surface area contributed by atoms with Crippen molar-refractivity contribution >= 4 is 38.4 Å². The van der Waals surface area contributed by atoms with Gasteiger partial charge in [0.05, 0.1) is 16.1 Å².